The first kappa shape index (κ1) is 12.9. The summed E-state index contributed by atoms with van der Waals surface area (Å²) in [6.07, 6.45) is 3.86. The highest BCUT2D eigenvalue weighted by Gasteiger charge is 2.31. The third kappa shape index (κ3) is 2.63. The van der Waals surface area contributed by atoms with Crippen LogP contribution in [0.2, 0.25) is 0 Å². The number of fused-ring (bicyclic) bond motifs is 2. The number of hydrogen-bond donors (Lipinski definition) is 2. The lowest BCUT2D eigenvalue weighted by molar-refractivity contribution is 0.197. The van der Waals surface area contributed by atoms with Gasteiger partial charge in [0, 0.05) is 36.8 Å². The summed E-state index contributed by atoms with van der Waals surface area (Å²) < 4.78 is 0. The van der Waals surface area contributed by atoms with Crippen LogP contribution in [0.15, 0.2) is 18.2 Å². The zero-order valence-corrected chi connectivity index (χ0v) is 11.9. The van der Waals surface area contributed by atoms with E-state index in [0.717, 1.165) is 18.7 Å². The fourth-order valence-corrected chi connectivity index (χ4v) is 3.53. The Kier molecular flexibility index (Phi) is 3.50. The van der Waals surface area contributed by atoms with Crippen molar-refractivity contribution in [3.8, 4) is 5.75 Å². The minimum absolute atomic E-state index is 0.293. The Labute approximate surface area is 115 Å². The Morgan fingerprint density at radius 1 is 1.26 bits per heavy atom. The van der Waals surface area contributed by atoms with Crippen LogP contribution in [-0.4, -0.2) is 35.2 Å². The van der Waals surface area contributed by atoms with E-state index in [0.29, 0.717) is 23.9 Å². The van der Waals surface area contributed by atoms with Gasteiger partial charge in [-0.25, -0.2) is 0 Å². The number of hydrogen-bond acceptors (Lipinski definition) is 3. The lowest BCUT2D eigenvalue weighted by atomic mass is 10.0. The molecule has 3 nitrogen and oxygen atoms in total. The molecule has 1 aromatic carbocycles. The molecule has 0 spiro atoms. The van der Waals surface area contributed by atoms with Gasteiger partial charge in [-0.05, 0) is 39.2 Å². The van der Waals surface area contributed by atoms with E-state index in [1.165, 1.54) is 24.8 Å². The Morgan fingerprint density at radius 2 is 2.05 bits per heavy atom. The molecule has 2 bridgehead atoms. The topological polar surface area (TPSA) is 35.5 Å². The van der Waals surface area contributed by atoms with Crippen molar-refractivity contribution in [1.82, 2.24) is 10.2 Å². The molecule has 0 aromatic heterocycles. The van der Waals surface area contributed by atoms with Crippen molar-refractivity contribution in [3.05, 3.63) is 29.3 Å². The third-order valence-electron chi connectivity index (χ3n) is 4.74. The van der Waals surface area contributed by atoms with E-state index in [1.54, 1.807) is 0 Å². The minimum atomic E-state index is 0.293. The van der Waals surface area contributed by atoms with Gasteiger partial charge in [-0.1, -0.05) is 17.7 Å². The number of nitrogens with one attached hydrogen (secondary N) is 1. The normalized spacial score (nSPS) is 29.2. The monoisotopic (exact) mass is 260 g/mol. The molecule has 3 atom stereocenters. The van der Waals surface area contributed by atoms with Crippen LogP contribution in [0, 0.1) is 6.92 Å². The summed E-state index contributed by atoms with van der Waals surface area (Å²) in [6, 6.07) is 7.56. The van der Waals surface area contributed by atoms with Gasteiger partial charge >= 0.3 is 0 Å². The van der Waals surface area contributed by atoms with E-state index >= 15 is 0 Å². The van der Waals surface area contributed by atoms with Crippen LogP contribution in [0.25, 0.3) is 0 Å². The molecule has 104 valence electrons. The highest BCUT2D eigenvalue weighted by atomic mass is 16.3. The lowest BCUT2D eigenvalue weighted by Crippen LogP contribution is -2.36. The van der Waals surface area contributed by atoms with Crippen LogP contribution in [0.5, 0.6) is 5.75 Å². The SMILES string of the molecule is Cc1ccc(O)c(C(C)N2CCC3CCC(C2)N3)c1. The number of rotatable bonds is 2. The maximum absolute atomic E-state index is 10.1. The van der Waals surface area contributed by atoms with E-state index in [9.17, 15) is 5.11 Å². The molecule has 0 aliphatic carbocycles. The molecule has 2 saturated heterocycles. The molecular weight excluding hydrogens is 236 g/mol. The lowest BCUT2D eigenvalue weighted by Gasteiger charge is -2.31. The van der Waals surface area contributed by atoms with E-state index in [1.807, 2.05) is 12.1 Å². The number of phenolic OH excluding ortho intramolecular Hbond substituents is 1. The van der Waals surface area contributed by atoms with E-state index in [2.05, 4.69) is 30.1 Å². The van der Waals surface area contributed by atoms with Gasteiger partial charge in [-0.3, -0.25) is 4.90 Å². The zero-order valence-electron chi connectivity index (χ0n) is 11.9. The van der Waals surface area contributed by atoms with Crippen LogP contribution in [0.4, 0.5) is 0 Å². The van der Waals surface area contributed by atoms with Crippen molar-refractivity contribution in [2.75, 3.05) is 13.1 Å². The molecule has 2 N–H and O–H groups in total. The highest BCUT2D eigenvalue weighted by molar-refractivity contribution is 5.37. The second-order valence-corrected chi connectivity index (χ2v) is 6.16. The second-order valence-electron chi connectivity index (χ2n) is 6.16. The fraction of sp³-hybridized carbons (Fsp3) is 0.625. The van der Waals surface area contributed by atoms with Crippen LogP contribution in [0.3, 0.4) is 0 Å². The number of nitrogens with zero attached hydrogens (tertiary/aromatic N) is 1. The fourth-order valence-electron chi connectivity index (χ4n) is 3.53. The first-order valence-corrected chi connectivity index (χ1v) is 7.43. The van der Waals surface area contributed by atoms with Crippen LogP contribution in [-0.2, 0) is 0 Å². The Bertz CT molecular complexity index is 460. The van der Waals surface area contributed by atoms with Gasteiger partial charge in [-0.2, -0.15) is 0 Å². The smallest absolute Gasteiger partial charge is 0.120 e. The molecule has 2 heterocycles. The van der Waals surface area contributed by atoms with Crippen LogP contribution < -0.4 is 5.32 Å². The molecular formula is C16H24N2O. The van der Waals surface area contributed by atoms with Crippen molar-refractivity contribution in [2.45, 2.75) is 51.2 Å². The van der Waals surface area contributed by atoms with E-state index in [-0.39, 0.29) is 0 Å². The maximum Gasteiger partial charge on any atom is 0.120 e. The van der Waals surface area contributed by atoms with Gasteiger partial charge < -0.3 is 10.4 Å². The molecule has 19 heavy (non-hydrogen) atoms. The number of aryl methyl sites for hydroxylation is 1. The minimum Gasteiger partial charge on any atom is -0.508 e. The molecule has 0 saturated carbocycles. The number of likely N-dealkylation sites (tertiary alicyclic amines) is 1. The zero-order chi connectivity index (χ0) is 13.4. The molecule has 2 fully saturated rings. The van der Waals surface area contributed by atoms with Crippen LogP contribution in [0.1, 0.15) is 43.4 Å². The average Bonchev–Trinajstić information content (AvgIpc) is 2.71. The summed E-state index contributed by atoms with van der Waals surface area (Å²) in [5, 5.41) is 13.8. The van der Waals surface area contributed by atoms with Gasteiger partial charge in [-0.15, -0.1) is 0 Å². The molecule has 2 aliphatic rings. The van der Waals surface area contributed by atoms with E-state index in [4.69, 9.17) is 0 Å². The summed E-state index contributed by atoms with van der Waals surface area (Å²) in [5.41, 5.74) is 2.28. The molecule has 2 aliphatic heterocycles. The van der Waals surface area contributed by atoms with Gasteiger partial charge in [0.2, 0.25) is 0 Å². The first-order chi connectivity index (χ1) is 9.13. The van der Waals surface area contributed by atoms with Crippen molar-refractivity contribution < 1.29 is 5.11 Å². The maximum atomic E-state index is 10.1. The third-order valence-corrected chi connectivity index (χ3v) is 4.74. The van der Waals surface area contributed by atoms with Gasteiger partial charge in [0.25, 0.3) is 0 Å². The summed E-state index contributed by atoms with van der Waals surface area (Å²) in [7, 11) is 0. The second kappa shape index (κ2) is 5.14. The molecule has 1 aromatic rings. The standard InChI is InChI=1S/C16H24N2O/c1-11-3-6-16(19)15(9-11)12(2)18-8-7-13-4-5-14(10-18)17-13/h3,6,9,12-14,17,19H,4-5,7-8,10H2,1-2H3. The molecule has 3 unspecified atom stereocenters. The number of aromatic hydroxyl groups is 1. The summed E-state index contributed by atoms with van der Waals surface area (Å²) >= 11 is 0. The summed E-state index contributed by atoms with van der Waals surface area (Å²) in [5.74, 6) is 0.431. The van der Waals surface area contributed by atoms with Crippen LogP contribution >= 0.6 is 0 Å². The average molecular weight is 260 g/mol. The van der Waals surface area contributed by atoms with Gasteiger partial charge in [0.05, 0.1) is 0 Å². The van der Waals surface area contributed by atoms with Gasteiger partial charge in [0.15, 0.2) is 0 Å². The molecule has 0 radical (unpaired) electrons. The Morgan fingerprint density at radius 3 is 2.89 bits per heavy atom. The summed E-state index contributed by atoms with van der Waals surface area (Å²) in [4.78, 5) is 2.52. The Balaban J connectivity index is 1.79. The molecule has 0 amide bonds. The number of phenols is 1. The highest BCUT2D eigenvalue weighted by Crippen LogP contribution is 2.32. The Hall–Kier alpha value is -1.06. The molecule has 3 heteroatoms. The number of benzene rings is 1. The predicted molar refractivity (Wildman–Crippen MR) is 77.4 cm³/mol. The largest absolute Gasteiger partial charge is 0.508 e. The van der Waals surface area contributed by atoms with Crippen molar-refractivity contribution in [1.29, 1.82) is 0 Å². The first-order valence-electron chi connectivity index (χ1n) is 7.43. The summed E-state index contributed by atoms with van der Waals surface area (Å²) in [6.45, 7) is 6.53. The molecule has 3 rings (SSSR count). The van der Waals surface area contributed by atoms with Crippen molar-refractivity contribution in [3.63, 3.8) is 0 Å². The quantitative estimate of drug-likeness (QED) is 0.858. The predicted octanol–water partition coefficient (Wildman–Crippen LogP) is 2.59. The van der Waals surface area contributed by atoms with Gasteiger partial charge in [0.1, 0.15) is 5.75 Å². The van der Waals surface area contributed by atoms with Crippen molar-refractivity contribution >= 4 is 0 Å². The van der Waals surface area contributed by atoms with E-state index < -0.39 is 0 Å². The van der Waals surface area contributed by atoms with Crippen molar-refractivity contribution in [2.24, 2.45) is 0 Å².